The molecule has 0 spiro atoms. The molecule has 3 aromatic carbocycles. The van der Waals surface area contributed by atoms with Gasteiger partial charge in [-0.25, -0.2) is 9.50 Å². The van der Waals surface area contributed by atoms with Crippen molar-refractivity contribution in [3.05, 3.63) is 110 Å². The molecule has 0 bridgehead atoms. The van der Waals surface area contributed by atoms with Gasteiger partial charge in [-0.2, -0.15) is 18.3 Å². The summed E-state index contributed by atoms with van der Waals surface area (Å²) in [7, 11) is 0. The van der Waals surface area contributed by atoms with E-state index in [4.69, 9.17) is 27.9 Å². The van der Waals surface area contributed by atoms with Gasteiger partial charge < -0.3 is 10.1 Å². The second kappa shape index (κ2) is 10.5. The Labute approximate surface area is 232 Å². The number of hydrogen-bond acceptors (Lipinski definition) is 6. The molecule has 202 valence electrons. The number of non-ortho nitro benzene ring substituents is 1. The molecule has 0 unspecified atom stereocenters. The molecule has 1 amide bonds. The number of alkyl halides is 3. The van der Waals surface area contributed by atoms with Gasteiger partial charge in [0.25, 0.3) is 11.6 Å². The van der Waals surface area contributed by atoms with E-state index in [1.807, 2.05) is 0 Å². The van der Waals surface area contributed by atoms with Crippen molar-refractivity contribution < 1.29 is 27.6 Å². The van der Waals surface area contributed by atoms with Crippen LogP contribution in [-0.4, -0.2) is 25.4 Å². The van der Waals surface area contributed by atoms with E-state index in [0.717, 1.165) is 18.2 Å². The van der Waals surface area contributed by atoms with Crippen LogP contribution < -0.4 is 10.1 Å². The smallest absolute Gasteiger partial charge is 0.433 e. The van der Waals surface area contributed by atoms with E-state index in [9.17, 15) is 28.1 Å². The first-order valence-corrected chi connectivity index (χ1v) is 12.0. The maximum Gasteiger partial charge on any atom is 0.433 e. The second-order valence-electron chi connectivity index (χ2n) is 8.27. The van der Waals surface area contributed by atoms with Gasteiger partial charge in [-0.15, -0.1) is 0 Å². The summed E-state index contributed by atoms with van der Waals surface area (Å²) in [5, 5.41) is 17.5. The zero-order valence-corrected chi connectivity index (χ0v) is 21.3. The minimum Gasteiger partial charge on any atom is -0.457 e. The standard InChI is InChI=1S/C26H14Cl2F3N5O4/c27-15-8-6-14(7-9-15)20-13-21(26(29,30)31)35-24(33-20)22(28)23(34-35)25(37)32-16-10-17(36(38)39)12-19(11-16)40-18-4-2-1-3-5-18/h1-13H,(H,32,37). The molecule has 0 saturated carbocycles. The van der Waals surface area contributed by atoms with Crippen molar-refractivity contribution in [3.63, 3.8) is 0 Å². The Morgan fingerprint density at radius 1 is 0.975 bits per heavy atom. The molecular weight excluding hydrogens is 574 g/mol. The first-order chi connectivity index (χ1) is 19.0. The molecule has 9 nitrogen and oxygen atoms in total. The number of nitro groups is 1. The molecule has 40 heavy (non-hydrogen) atoms. The monoisotopic (exact) mass is 587 g/mol. The molecule has 0 atom stereocenters. The number of nitro benzene ring substituents is 1. The van der Waals surface area contributed by atoms with Crippen LogP contribution >= 0.6 is 23.2 Å². The number of amides is 1. The highest BCUT2D eigenvalue weighted by Crippen LogP contribution is 2.35. The van der Waals surface area contributed by atoms with Gasteiger partial charge in [0.1, 0.15) is 16.5 Å². The molecular formula is C26H14Cl2F3N5O4. The Morgan fingerprint density at radius 2 is 1.68 bits per heavy atom. The minimum atomic E-state index is -4.88. The van der Waals surface area contributed by atoms with E-state index in [2.05, 4.69) is 15.4 Å². The van der Waals surface area contributed by atoms with E-state index in [0.29, 0.717) is 20.9 Å². The number of aromatic nitrogens is 3. The van der Waals surface area contributed by atoms with Gasteiger partial charge >= 0.3 is 6.18 Å². The summed E-state index contributed by atoms with van der Waals surface area (Å²) in [4.78, 5) is 28.1. The van der Waals surface area contributed by atoms with Crippen LogP contribution in [0.2, 0.25) is 10.0 Å². The summed E-state index contributed by atoms with van der Waals surface area (Å²) in [5.74, 6) is -0.612. The van der Waals surface area contributed by atoms with Crippen molar-refractivity contribution in [1.29, 1.82) is 0 Å². The van der Waals surface area contributed by atoms with Crippen molar-refractivity contribution >= 4 is 46.1 Å². The zero-order valence-electron chi connectivity index (χ0n) is 19.8. The van der Waals surface area contributed by atoms with Gasteiger partial charge in [-0.3, -0.25) is 14.9 Å². The summed E-state index contributed by atoms with van der Waals surface area (Å²) in [6.45, 7) is 0. The number of carbonyl (C=O) groups is 1. The topological polar surface area (TPSA) is 112 Å². The Kier molecular flexibility index (Phi) is 7.04. The van der Waals surface area contributed by atoms with Gasteiger partial charge in [0.15, 0.2) is 17.0 Å². The highest BCUT2D eigenvalue weighted by Gasteiger charge is 2.37. The number of fused-ring (bicyclic) bond motifs is 1. The van der Waals surface area contributed by atoms with Crippen LogP contribution in [-0.2, 0) is 6.18 Å². The van der Waals surface area contributed by atoms with Crippen molar-refractivity contribution in [1.82, 2.24) is 14.6 Å². The molecule has 14 heteroatoms. The average molecular weight is 588 g/mol. The summed E-state index contributed by atoms with van der Waals surface area (Å²) < 4.78 is 48.0. The predicted octanol–water partition coefficient (Wildman–Crippen LogP) is 7.67. The van der Waals surface area contributed by atoms with Crippen molar-refractivity contribution in [2.24, 2.45) is 0 Å². The number of hydrogen-bond donors (Lipinski definition) is 1. The van der Waals surface area contributed by atoms with E-state index in [-0.39, 0.29) is 17.1 Å². The maximum atomic E-state index is 14.0. The van der Waals surface area contributed by atoms with Crippen LogP contribution in [0.3, 0.4) is 0 Å². The van der Waals surface area contributed by atoms with Crippen LogP contribution in [0.25, 0.3) is 16.9 Å². The average Bonchev–Trinajstić information content (AvgIpc) is 3.24. The fraction of sp³-hybridized carbons (Fsp3) is 0.0385. The Hall–Kier alpha value is -4.68. The van der Waals surface area contributed by atoms with Crippen molar-refractivity contribution in [2.75, 3.05) is 5.32 Å². The fourth-order valence-corrected chi connectivity index (χ4v) is 4.11. The number of halogens is 5. The van der Waals surface area contributed by atoms with E-state index < -0.39 is 44.8 Å². The van der Waals surface area contributed by atoms with E-state index in [1.54, 1.807) is 30.3 Å². The molecule has 2 aromatic heterocycles. The number of anilines is 1. The molecule has 0 aliphatic carbocycles. The molecule has 0 aliphatic rings. The van der Waals surface area contributed by atoms with Gasteiger partial charge in [0.2, 0.25) is 0 Å². The maximum absolute atomic E-state index is 14.0. The molecule has 1 N–H and O–H groups in total. The third-order valence-corrected chi connectivity index (χ3v) is 6.12. The lowest BCUT2D eigenvalue weighted by molar-refractivity contribution is -0.384. The SMILES string of the molecule is O=C(Nc1cc(Oc2ccccc2)cc([N+](=O)[O-])c1)c1nn2c(C(F)(F)F)cc(-c3ccc(Cl)cc3)nc2c1Cl. The van der Waals surface area contributed by atoms with Gasteiger partial charge in [0, 0.05) is 22.7 Å². The number of nitrogens with zero attached hydrogens (tertiary/aromatic N) is 4. The third-order valence-electron chi connectivity index (χ3n) is 5.52. The molecule has 5 rings (SSSR count). The summed E-state index contributed by atoms with van der Waals surface area (Å²) in [6.07, 6.45) is -4.88. The lowest BCUT2D eigenvalue weighted by Crippen LogP contribution is -2.16. The normalized spacial score (nSPS) is 11.4. The van der Waals surface area contributed by atoms with Crippen LogP contribution in [0.15, 0.2) is 78.9 Å². The number of carbonyl (C=O) groups excluding carboxylic acids is 1. The predicted molar refractivity (Wildman–Crippen MR) is 141 cm³/mol. The Bertz CT molecular complexity index is 1760. The number of benzene rings is 3. The number of rotatable bonds is 6. The van der Waals surface area contributed by atoms with Crippen molar-refractivity contribution in [3.8, 4) is 22.8 Å². The summed E-state index contributed by atoms with van der Waals surface area (Å²) >= 11 is 12.2. The highest BCUT2D eigenvalue weighted by atomic mass is 35.5. The minimum absolute atomic E-state index is 0.0328. The fourth-order valence-electron chi connectivity index (χ4n) is 3.74. The zero-order chi connectivity index (χ0) is 28.6. The van der Waals surface area contributed by atoms with Gasteiger partial charge in [-0.1, -0.05) is 53.5 Å². The number of nitrogens with one attached hydrogen (secondary N) is 1. The van der Waals surface area contributed by atoms with E-state index >= 15 is 0 Å². The number of ether oxygens (including phenoxy) is 1. The van der Waals surface area contributed by atoms with Crippen LogP contribution in [0, 0.1) is 10.1 Å². The third kappa shape index (κ3) is 5.53. The summed E-state index contributed by atoms with van der Waals surface area (Å²) in [5.41, 5.74) is -2.46. The first kappa shape index (κ1) is 26.9. The lowest BCUT2D eigenvalue weighted by Gasteiger charge is -2.11. The quantitative estimate of drug-likeness (QED) is 0.161. The molecule has 0 saturated heterocycles. The molecule has 0 fully saturated rings. The van der Waals surface area contributed by atoms with Crippen LogP contribution in [0.5, 0.6) is 11.5 Å². The molecule has 0 radical (unpaired) electrons. The van der Waals surface area contributed by atoms with E-state index in [1.165, 1.54) is 30.3 Å². The molecule has 0 aliphatic heterocycles. The Balaban J connectivity index is 1.54. The van der Waals surface area contributed by atoms with Crippen LogP contribution in [0.4, 0.5) is 24.5 Å². The second-order valence-corrected chi connectivity index (χ2v) is 9.09. The molecule has 2 heterocycles. The Morgan fingerprint density at radius 3 is 2.33 bits per heavy atom. The summed E-state index contributed by atoms with van der Waals surface area (Å²) in [6, 6.07) is 18.6. The van der Waals surface area contributed by atoms with Crippen LogP contribution in [0.1, 0.15) is 16.2 Å². The highest BCUT2D eigenvalue weighted by molar-refractivity contribution is 6.37. The van der Waals surface area contributed by atoms with Crippen molar-refractivity contribution in [2.45, 2.75) is 6.18 Å². The lowest BCUT2D eigenvalue weighted by atomic mass is 10.1. The first-order valence-electron chi connectivity index (χ1n) is 11.3. The van der Waals surface area contributed by atoms with Gasteiger partial charge in [-0.05, 0) is 30.3 Å². The molecule has 5 aromatic rings. The number of para-hydroxylation sites is 1. The van der Waals surface area contributed by atoms with Gasteiger partial charge in [0.05, 0.1) is 22.4 Å². The largest absolute Gasteiger partial charge is 0.457 e.